The normalized spacial score (nSPS) is 20.3. The summed E-state index contributed by atoms with van der Waals surface area (Å²) in [5.74, 6) is -1.85. The zero-order valence-electron chi connectivity index (χ0n) is 15.5. The van der Waals surface area contributed by atoms with Crippen LogP contribution in [0.3, 0.4) is 0 Å². The third-order valence-corrected chi connectivity index (χ3v) is 6.76. The Morgan fingerprint density at radius 1 is 1.41 bits per heavy atom. The van der Waals surface area contributed by atoms with Gasteiger partial charge >= 0.3 is 12.0 Å². The molecule has 29 heavy (non-hydrogen) atoms. The molecule has 1 aromatic rings. The van der Waals surface area contributed by atoms with Crippen molar-refractivity contribution in [3.63, 3.8) is 0 Å². The number of carbonyl (C=O) groups is 2. The van der Waals surface area contributed by atoms with Crippen LogP contribution in [0.5, 0.6) is 0 Å². The van der Waals surface area contributed by atoms with E-state index in [0.717, 1.165) is 0 Å². The fourth-order valence-corrected chi connectivity index (χ4v) is 5.04. The molecule has 1 fully saturated rings. The van der Waals surface area contributed by atoms with Crippen molar-refractivity contribution in [2.75, 3.05) is 5.75 Å². The number of aliphatic hydroxyl groups excluding tert-OH is 1. The second-order valence-electron chi connectivity index (χ2n) is 6.74. The van der Waals surface area contributed by atoms with Crippen LogP contribution >= 0.6 is 23.1 Å². The number of carboxylic acid groups (broad SMARTS) is 1. The van der Waals surface area contributed by atoms with E-state index in [1.54, 1.807) is 6.08 Å². The van der Waals surface area contributed by atoms with E-state index in [2.05, 4.69) is 4.98 Å². The van der Waals surface area contributed by atoms with Gasteiger partial charge in [0.1, 0.15) is 5.78 Å². The van der Waals surface area contributed by atoms with Crippen LogP contribution in [0.1, 0.15) is 49.0 Å². The number of thioether (sulfide) groups is 1. The number of ketones is 1. The van der Waals surface area contributed by atoms with Crippen molar-refractivity contribution in [1.82, 2.24) is 4.98 Å². The molecule has 3 atom stereocenters. The van der Waals surface area contributed by atoms with Gasteiger partial charge in [-0.1, -0.05) is 23.9 Å². The zero-order chi connectivity index (χ0) is 21.4. The van der Waals surface area contributed by atoms with Gasteiger partial charge in [-0.15, -0.1) is 11.3 Å². The minimum absolute atomic E-state index is 0.0124. The highest BCUT2D eigenvalue weighted by Crippen LogP contribution is 2.35. The molecule has 0 aromatic carbocycles. The molecule has 0 saturated heterocycles. The van der Waals surface area contributed by atoms with Gasteiger partial charge in [0.15, 0.2) is 15.9 Å². The van der Waals surface area contributed by atoms with Gasteiger partial charge in [0.05, 0.1) is 6.10 Å². The van der Waals surface area contributed by atoms with E-state index in [-0.39, 0.29) is 36.2 Å². The molecule has 160 valence electrons. The Balaban J connectivity index is 1.77. The third kappa shape index (κ3) is 7.60. The van der Waals surface area contributed by atoms with Gasteiger partial charge in [-0.3, -0.25) is 4.79 Å². The average Bonchev–Trinajstić information content (AvgIpc) is 3.28. The molecule has 0 aliphatic heterocycles. The van der Waals surface area contributed by atoms with E-state index in [0.29, 0.717) is 29.4 Å². The lowest BCUT2D eigenvalue weighted by molar-refractivity contribution is -0.121. The molecule has 1 heterocycles. The van der Waals surface area contributed by atoms with Crippen LogP contribution in [0.15, 0.2) is 33.8 Å². The number of aromatic carboxylic acids is 1. The predicted molar refractivity (Wildman–Crippen MR) is 105 cm³/mol. The van der Waals surface area contributed by atoms with Crippen molar-refractivity contribution >= 4 is 34.9 Å². The number of aromatic nitrogens is 1. The Kier molecular flexibility index (Phi) is 9.38. The maximum Gasteiger partial charge on any atom is 0.355 e. The highest BCUT2D eigenvalue weighted by atomic mass is 32.2. The monoisotopic (exact) mass is 449 g/mol. The lowest BCUT2D eigenvalue weighted by atomic mass is 9.92. The summed E-state index contributed by atoms with van der Waals surface area (Å²) in [4.78, 5) is 27.0. The van der Waals surface area contributed by atoms with Gasteiger partial charge in [0.2, 0.25) is 0 Å². The number of hydrogen-bond acceptors (Lipinski definition) is 6. The zero-order valence-corrected chi connectivity index (χ0v) is 17.2. The summed E-state index contributed by atoms with van der Waals surface area (Å²) in [6.45, 7) is 0. The Morgan fingerprint density at radius 3 is 2.83 bits per heavy atom. The molecule has 1 saturated carbocycles. The SMILES string of the molecule is O=C(O)c1csc(SCC[C@@H]2C(=O)CC[C@@H]2/C=C/C[C@@H](O)CCC(F)=C(F)F)n1. The second-order valence-corrected chi connectivity index (χ2v) is 8.94. The van der Waals surface area contributed by atoms with Crippen molar-refractivity contribution in [3.8, 4) is 0 Å². The van der Waals surface area contributed by atoms with E-state index >= 15 is 0 Å². The summed E-state index contributed by atoms with van der Waals surface area (Å²) in [6, 6.07) is 0. The first-order valence-electron chi connectivity index (χ1n) is 9.16. The number of carbonyl (C=O) groups excluding carboxylic acids is 1. The van der Waals surface area contributed by atoms with Crippen LogP contribution in [0, 0.1) is 11.8 Å². The molecule has 10 heteroatoms. The molecule has 1 aliphatic rings. The molecule has 1 aliphatic carbocycles. The number of rotatable bonds is 11. The highest BCUT2D eigenvalue weighted by Gasteiger charge is 2.32. The standard InChI is InChI=1S/C19H22F3NO4S2/c20-14(17(21)22)6-5-12(24)3-1-2-11-4-7-16(25)13(11)8-9-28-19-23-15(10-29-19)18(26)27/h1-2,10-13,24H,3-9H2,(H,26,27)/b2-1+/t11-,12+,13-/m0/s1. The number of Topliss-reactive ketones (excluding diaryl/α,β-unsaturated/α-hetero) is 1. The number of nitrogens with zero attached hydrogens (tertiary/aromatic N) is 1. The van der Waals surface area contributed by atoms with Gasteiger partial charge in [0, 0.05) is 29.9 Å². The Bertz CT molecular complexity index is 777. The summed E-state index contributed by atoms with van der Waals surface area (Å²) < 4.78 is 37.4. The summed E-state index contributed by atoms with van der Waals surface area (Å²) >= 11 is 2.67. The lowest BCUT2D eigenvalue weighted by Gasteiger charge is -2.14. The summed E-state index contributed by atoms with van der Waals surface area (Å²) in [5.41, 5.74) is 0.0124. The van der Waals surface area contributed by atoms with Crippen LogP contribution in [-0.4, -0.2) is 38.8 Å². The van der Waals surface area contributed by atoms with E-state index < -0.39 is 30.4 Å². The van der Waals surface area contributed by atoms with Crippen LogP contribution in [0.2, 0.25) is 0 Å². The smallest absolute Gasteiger partial charge is 0.355 e. The minimum atomic E-state index is -2.35. The van der Waals surface area contributed by atoms with E-state index in [1.807, 2.05) is 6.08 Å². The van der Waals surface area contributed by atoms with Gasteiger partial charge in [-0.2, -0.15) is 8.78 Å². The van der Waals surface area contributed by atoms with Gasteiger partial charge in [-0.25, -0.2) is 14.2 Å². The number of allylic oxidation sites excluding steroid dienone is 2. The number of aliphatic hydroxyl groups is 1. The first-order valence-corrected chi connectivity index (χ1v) is 11.0. The lowest BCUT2D eigenvalue weighted by Crippen LogP contribution is -2.14. The summed E-state index contributed by atoms with van der Waals surface area (Å²) in [5, 5.41) is 20.1. The van der Waals surface area contributed by atoms with Crippen molar-refractivity contribution in [2.24, 2.45) is 11.8 Å². The molecule has 2 N–H and O–H groups in total. The van der Waals surface area contributed by atoms with E-state index in [4.69, 9.17) is 5.11 Å². The molecule has 0 bridgehead atoms. The molecule has 1 aromatic heterocycles. The molecule has 0 spiro atoms. The topological polar surface area (TPSA) is 87.5 Å². The van der Waals surface area contributed by atoms with Crippen molar-refractivity contribution in [3.05, 3.63) is 35.1 Å². The quantitative estimate of drug-likeness (QED) is 0.362. The van der Waals surface area contributed by atoms with E-state index in [1.165, 1.54) is 28.5 Å². The number of halogens is 3. The van der Waals surface area contributed by atoms with Crippen molar-refractivity contribution < 1.29 is 33.0 Å². The fourth-order valence-electron chi connectivity index (χ4n) is 3.15. The Hall–Kier alpha value is -1.65. The van der Waals surface area contributed by atoms with Crippen molar-refractivity contribution in [2.45, 2.75) is 49.0 Å². The van der Waals surface area contributed by atoms with Crippen LogP contribution in [-0.2, 0) is 4.79 Å². The van der Waals surface area contributed by atoms with Crippen molar-refractivity contribution in [1.29, 1.82) is 0 Å². The predicted octanol–water partition coefficient (Wildman–Crippen LogP) is 5.08. The number of carboxylic acids is 1. The largest absolute Gasteiger partial charge is 0.476 e. The number of hydrogen-bond donors (Lipinski definition) is 2. The molecule has 2 rings (SSSR count). The minimum Gasteiger partial charge on any atom is -0.476 e. The maximum absolute atomic E-state index is 12.8. The van der Waals surface area contributed by atoms with Crippen LogP contribution < -0.4 is 0 Å². The molecule has 5 nitrogen and oxygen atoms in total. The summed E-state index contributed by atoms with van der Waals surface area (Å²) in [6.07, 6.45) is 1.77. The Morgan fingerprint density at radius 2 is 2.17 bits per heavy atom. The first kappa shape index (κ1) is 23.6. The maximum atomic E-state index is 12.8. The molecule has 0 amide bonds. The molecular formula is C19H22F3NO4S2. The first-order chi connectivity index (χ1) is 13.8. The fraction of sp³-hybridized carbons (Fsp3) is 0.526. The van der Waals surface area contributed by atoms with Gasteiger partial charge in [-0.05, 0) is 31.6 Å². The molecule has 0 radical (unpaired) electrons. The van der Waals surface area contributed by atoms with Gasteiger partial charge < -0.3 is 10.2 Å². The Labute approximate surface area is 174 Å². The van der Waals surface area contributed by atoms with E-state index in [9.17, 15) is 27.9 Å². The molecular weight excluding hydrogens is 427 g/mol. The summed E-state index contributed by atoms with van der Waals surface area (Å²) in [7, 11) is 0. The van der Waals surface area contributed by atoms with Crippen LogP contribution in [0.25, 0.3) is 0 Å². The third-order valence-electron chi connectivity index (χ3n) is 4.70. The number of thiazole rings is 1. The van der Waals surface area contributed by atoms with Crippen LogP contribution in [0.4, 0.5) is 13.2 Å². The highest BCUT2D eigenvalue weighted by molar-refractivity contribution is 8.01. The average molecular weight is 450 g/mol. The van der Waals surface area contributed by atoms with Gasteiger partial charge in [0.25, 0.3) is 0 Å². The molecule has 0 unspecified atom stereocenters. The second kappa shape index (κ2) is 11.5.